The van der Waals surface area contributed by atoms with Crippen LogP contribution in [0.3, 0.4) is 0 Å². The number of benzene rings is 3. The van der Waals surface area contributed by atoms with Gasteiger partial charge in [-0.2, -0.15) is 5.10 Å². The first-order valence-corrected chi connectivity index (χ1v) is 10.5. The summed E-state index contributed by atoms with van der Waals surface area (Å²) in [6.07, 6.45) is 1.55. The van der Waals surface area contributed by atoms with Crippen molar-refractivity contribution in [3.63, 3.8) is 0 Å². The number of carbonyl (C=O) groups is 1. The van der Waals surface area contributed by atoms with E-state index < -0.39 is 6.03 Å². The van der Waals surface area contributed by atoms with E-state index in [1.165, 1.54) is 0 Å². The van der Waals surface area contributed by atoms with Crippen molar-refractivity contribution in [2.75, 3.05) is 12.4 Å². The molecule has 3 rings (SSSR count). The molecule has 0 bridgehead atoms. The van der Waals surface area contributed by atoms with Crippen LogP contribution >= 0.6 is 31.9 Å². The molecule has 0 unspecified atom stereocenters. The second kappa shape index (κ2) is 10.8. The quantitative estimate of drug-likeness (QED) is 0.291. The zero-order chi connectivity index (χ0) is 21.3. The maximum Gasteiger partial charge on any atom is 0.339 e. The minimum Gasteiger partial charge on any atom is -0.495 e. The normalized spacial score (nSPS) is 10.6. The summed E-state index contributed by atoms with van der Waals surface area (Å²) in [7, 11) is 1.54. The molecule has 0 saturated carbocycles. The minimum atomic E-state index is -0.462. The highest BCUT2D eigenvalue weighted by Gasteiger charge is 2.05. The van der Waals surface area contributed by atoms with E-state index in [1.807, 2.05) is 48.5 Å². The van der Waals surface area contributed by atoms with Gasteiger partial charge < -0.3 is 14.8 Å². The van der Waals surface area contributed by atoms with E-state index in [0.717, 1.165) is 25.8 Å². The van der Waals surface area contributed by atoms with E-state index in [0.29, 0.717) is 18.0 Å². The molecule has 154 valence electrons. The Morgan fingerprint density at radius 2 is 1.83 bits per heavy atom. The van der Waals surface area contributed by atoms with Crippen LogP contribution in [0.5, 0.6) is 11.5 Å². The zero-order valence-corrected chi connectivity index (χ0v) is 19.2. The standard InChI is InChI=1S/C22H19Br2N3O3/c1-29-21-5-3-2-4-20(21)26-22(28)27-25-13-15-6-10-18(11-7-15)30-14-16-8-9-17(23)12-19(16)24/h2-13H,14H2,1H3,(H2,26,27,28)/b25-13+. The number of hydrazone groups is 1. The highest BCUT2D eigenvalue weighted by Crippen LogP contribution is 2.24. The van der Waals surface area contributed by atoms with Crippen LogP contribution in [0.25, 0.3) is 0 Å². The Hall–Kier alpha value is -2.84. The monoisotopic (exact) mass is 531 g/mol. The number of anilines is 1. The predicted octanol–water partition coefficient (Wildman–Crippen LogP) is 5.95. The topological polar surface area (TPSA) is 72.0 Å². The van der Waals surface area contributed by atoms with Gasteiger partial charge in [-0.1, -0.05) is 50.1 Å². The molecule has 3 aromatic carbocycles. The predicted molar refractivity (Wildman–Crippen MR) is 125 cm³/mol. The van der Waals surface area contributed by atoms with Crippen molar-refractivity contribution in [3.05, 3.63) is 86.8 Å². The number of halogens is 2. The summed E-state index contributed by atoms with van der Waals surface area (Å²) in [4.78, 5) is 12.0. The molecular weight excluding hydrogens is 514 g/mol. The molecule has 0 fully saturated rings. The van der Waals surface area contributed by atoms with Gasteiger partial charge in [-0.05, 0) is 54.1 Å². The summed E-state index contributed by atoms with van der Waals surface area (Å²) in [5.74, 6) is 1.31. The van der Waals surface area contributed by atoms with Gasteiger partial charge in [0, 0.05) is 14.5 Å². The number of carbonyl (C=O) groups excluding carboxylic acids is 1. The number of para-hydroxylation sites is 2. The number of hydrogen-bond acceptors (Lipinski definition) is 4. The maximum atomic E-state index is 12.0. The van der Waals surface area contributed by atoms with Gasteiger partial charge in [-0.15, -0.1) is 0 Å². The Morgan fingerprint density at radius 1 is 1.07 bits per heavy atom. The fraction of sp³-hybridized carbons (Fsp3) is 0.0909. The fourth-order valence-electron chi connectivity index (χ4n) is 2.51. The van der Waals surface area contributed by atoms with E-state index in [9.17, 15) is 4.79 Å². The molecule has 6 nitrogen and oxygen atoms in total. The van der Waals surface area contributed by atoms with Gasteiger partial charge in [-0.25, -0.2) is 10.2 Å². The van der Waals surface area contributed by atoms with Gasteiger partial charge in [0.05, 0.1) is 19.0 Å². The lowest BCUT2D eigenvalue weighted by molar-refractivity contribution is 0.252. The maximum absolute atomic E-state index is 12.0. The van der Waals surface area contributed by atoms with E-state index in [1.54, 1.807) is 31.5 Å². The van der Waals surface area contributed by atoms with Gasteiger partial charge in [0.15, 0.2) is 0 Å². The third-order valence-electron chi connectivity index (χ3n) is 4.02. The van der Waals surface area contributed by atoms with Crippen molar-refractivity contribution in [1.29, 1.82) is 0 Å². The molecule has 0 aliphatic heterocycles. The molecule has 0 aromatic heterocycles. The van der Waals surface area contributed by atoms with Crippen LogP contribution in [0.1, 0.15) is 11.1 Å². The molecular formula is C22H19Br2N3O3. The average Bonchev–Trinajstić information content (AvgIpc) is 2.74. The highest BCUT2D eigenvalue weighted by molar-refractivity contribution is 9.11. The lowest BCUT2D eigenvalue weighted by atomic mass is 10.2. The van der Waals surface area contributed by atoms with Crippen LogP contribution in [0.2, 0.25) is 0 Å². The van der Waals surface area contributed by atoms with Gasteiger partial charge in [0.2, 0.25) is 0 Å². The number of hydrogen-bond donors (Lipinski definition) is 2. The second-order valence-corrected chi connectivity index (χ2v) is 7.89. The smallest absolute Gasteiger partial charge is 0.339 e. The van der Waals surface area contributed by atoms with Crippen LogP contribution in [0.4, 0.5) is 10.5 Å². The Morgan fingerprint density at radius 3 is 2.57 bits per heavy atom. The Labute approximate surface area is 191 Å². The minimum absolute atomic E-state index is 0.450. The molecule has 8 heteroatoms. The Balaban J connectivity index is 1.50. The van der Waals surface area contributed by atoms with E-state index in [2.05, 4.69) is 47.7 Å². The molecule has 0 aliphatic rings. The first-order chi connectivity index (χ1) is 14.5. The lowest BCUT2D eigenvalue weighted by Crippen LogP contribution is -2.24. The summed E-state index contributed by atoms with van der Waals surface area (Å²) < 4.78 is 13.0. The number of ether oxygens (including phenoxy) is 2. The fourth-order valence-corrected chi connectivity index (χ4v) is 3.68. The van der Waals surface area contributed by atoms with E-state index in [-0.39, 0.29) is 0 Å². The lowest BCUT2D eigenvalue weighted by Gasteiger charge is -2.09. The van der Waals surface area contributed by atoms with Gasteiger partial charge in [-0.3, -0.25) is 0 Å². The first-order valence-electron chi connectivity index (χ1n) is 8.95. The van der Waals surface area contributed by atoms with Crippen molar-refractivity contribution in [3.8, 4) is 11.5 Å². The molecule has 0 saturated heterocycles. The van der Waals surface area contributed by atoms with Gasteiger partial charge >= 0.3 is 6.03 Å². The van der Waals surface area contributed by atoms with Crippen molar-refractivity contribution in [1.82, 2.24) is 5.43 Å². The zero-order valence-electron chi connectivity index (χ0n) is 16.1. The van der Waals surface area contributed by atoms with Crippen molar-refractivity contribution >= 4 is 49.8 Å². The molecule has 0 aliphatic carbocycles. The molecule has 30 heavy (non-hydrogen) atoms. The third-order valence-corrected chi connectivity index (χ3v) is 5.26. The number of urea groups is 1. The molecule has 0 heterocycles. The SMILES string of the molecule is COc1ccccc1NC(=O)N/N=C/c1ccc(OCc2ccc(Br)cc2Br)cc1. The summed E-state index contributed by atoms with van der Waals surface area (Å²) in [6, 6.07) is 20.0. The molecule has 2 amide bonds. The average molecular weight is 533 g/mol. The number of methoxy groups -OCH3 is 1. The highest BCUT2D eigenvalue weighted by atomic mass is 79.9. The summed E-state index contributed by atoms with van der Waals surface area (Å²) in [5.41, 5.74) is 4.86. The molecule has 0 atom stereocenters. The summed E-state index contributed by atoms with van der Waals surface area (Å²) in [6.45, 7) is 0.450. The number of nitrogens with one attached hydrogen (secondary N) is 2. The third kappa shape index (κ3) is 6.33. The van der Waals surface area contributed by atoms with E-state index in [4.69, 9.17) is 9.47 Å². The Kier molecular flexibility index (Phi) is 7.87. The number of rotatable bonds is 7. The number of nitrogens with zero attached hydrogens (tertiary/aromatic N) is 1. The molecule has 0 spiro atoms. The second-order valence-electron chi connectivity index (χ2n) is 6.12. The molecule has 3 aromatic rings. The van der Waals surface area contributed by atoms with Crippen LogP contribution < -0.4 is 20.2 Å². The van der Waals surface area contributed by atoms with E-state index >= 15 is 0 Å². The largest absolute Gasteiger partial charge is 0.495 e. The van der Waals surface area contributed by atoms with Crippen molar-refractivity contribution in [2.24, 2.45) is 5.10 Å². The Bertz CT molecular complexity index is 1040. The van der Waals surface area contributed by atoms with Crippen LogP contribution in [-0.4, -0.2) is 19.4 Å². The van der Waals surface area contributed by atoms with Gasteiger partial charge in [0.25, 0.3) is 0 Å². The van der Waals surface area contributed by atoms with Crippen molar-refractivity contribution < 1.29 is 14.3 Å². The van der Waals surface area contributed by atoms with Gasteiger partial charge in [0.1, 0.15) is 18.1 Å². The van der Waals surface area contributed by atoms with Crippen LogP contribution in [-0.2, 0) is 6.61 Å². The first kappa shape index (κ1) is 21.9. The van der Waals surface area contributed by atoms with Crippen LogP contribution in [0, 0.1) is 0 Å². The summed E-state index contributed by atoms with van der Waals surface area (Å²) >= 11 is 6.96. The van der Waals surface area contributed by atoms with Crippen molar-refractivity contribution in [2.45, 2.75) is 6.61 Å². The van der Waals surface area contributed by atoms with Crippen LogP contribution in [0.15, 0.2) is 80.8 Å². The molecule has 0 radical (unpaired) electrons. The summed E-state index contributed by atoms with van der Waals surface area (Å²) in [5, 5.41) is 6.64. The molecule has 2 N–H and O–H groups in total. The number of amides is 2.